The molecule has 170 valence electrons. The number of pyridine rings is 2. The smallest absolute Gasteiger partial charge is 0.272 e. The second kappa shape index (κ2) is 8.37. The van der Waals surface area contributed by atoms with Crippen molar-refractivity contribution in [3.8, 4) is 0 Å². The van der Waals surface area contributed by atoms with Crippen LogP contribution in [0, 0.1) is 6.92 Å². The van der Waals surface area contributed by atoms with Crippen LogP contribution >= 0.6 is 0 Å². The number of nitrogens with zero attached hydrogens (tertiary/aromatic N) is 4. The van der Waals surface area contributed by atoms with Gasteiger partial charge in [0.2, 0.25) is 0 Å². The average Bonchev–Trinajstić information content (AvgIpc) is 3.21. The van der Waals surface area contributed by atoms with Crippen LogP contribution in [0.5, 0.6) is 0 Å². The summed E-state index contributed by atoms with van der Waals surface area (Å²) in [5.41, 5.74) is 5.12. The van der Waals surface area contributed by atoms with Crippen LogP contribution in [0.15, 0.2) is 47.4 Å². The summed E-state index contributed by atoms with van der Waals surface area (Å²) in [6, 6.07) is 12.2. The van der Waals surface area contributed by atoms with Crippen molar-refractivity contribution in [3.63, 3.8) is 0 Å². The Morgan fingerprint density at radius 1 is 1.09 bits per heavy atom. The van der Waals surface area contributed by atoms with Gasteiger partial charge in [-0.05, 0) is 36.8 Å². The van der Waals surface area contributed by atoms with Gasteiger partial charge in [-0.2, -0.15) is 0 Å². The van der Waals surface area contributed by atoms with E-state index in [1.807, 2.05) is 36.9 Å². The molecule has 1 aromatic carbocycles. The molecule has 33 heavy (non-hydrogen) atoms. The van der Waals surface area contributed by atoms with Crippen molar-refractivity contribution in [2.24, 2.45) is 7.05 Å². The van der Waals surface area contributed by atoms with Gasteiger partial charge in [0, 0.05) is 69.3 Å². The summed E-state index contributed by atoms with van der Waals surface area (Å²) in [5.74, 6) is -0.167. The zero-order valence-corrected chi connectivity index (χ0v) is 19.2. The Morgan fingerprint density at radius 2 is 1.88 bits per heavy atom. The molecule has 4 heterocycles. The van der Waals surface area contributed by atoms with Gasteiger partial charge in [0.15, 0.2) is 0 Å². The molecule has 0 radical (unpaired) electrons. The molecular formula is C25H28N6O2. The number of aryl methyl sites for hydroxylation is 2. The van der Waals surface area contributed by atoms with Crippen LogP contribution in [0.1, 0.15) is 21.7 Å². The van der Waals surface area contributed by atoms with Crippen LogP contribution in [-0.4, -0.2) is 58.6 Å². The Bertz CT molecular complexity index is 1410. The van der Waals surface area contributed by atoms with Gasteiger partial charge in [-0.1, -0.05) is 12.1 Å². The van der Waals surface area contributed by atoms with Gasteiger partial charge in [0.1, 0.15) is 11.2 Å². The number of carbonyl (C=O) groups is 1. The largest absolute Gasteiger partial charge is 0.368 e. The predicted octanol–water partition coefficient (Wildman–Crippen LogP) is 2.41. The van der Waals surface area contributed by atoms with E-state index in [0.29, 0.717) is 11.2 Å². The molecule has 1 aliphatic heterocycles. The summed E-state index contributed by atoms with van der Waals surface area (Å²) < 4.78 is 1.87. The van der Waals surface area contributed by atoms with Crippen LogP contribution < -0.4 is 15.8 Å². The van der Waals surface area contributed by atoms with Crippen LogP contribution in [-0.2, 0) is 13.6 Å². The SMILES string of the molecule is CNC(=O)c1ccc(N2CCN(Cc3ccc4c(c3)[nH]c(=O)c3c4ccn3C)CC2)c(C)n1. The van der Waals surface area contributed by atoms with Gasteiger partial charge < -0.3 is 19.8 Å². The number of hydrogen-bond donors (Lipinski definition) is 2. The fourth-order valence-electron chi connectivity index (χ4n) is 4.79. The molecule has 0 aliphatic carbocycles. The number of H-pyrrole nitrogens is 1. The molecule has 0 saturated carbocycles. The average molecular weight is 445 g/mol. The van der Waals surface area contributed by atoms with E-state index in [0.717, 1.165) is 60.4 Å². The first-order valence-corrected chi connectivity index (χ1v) is 11.2. The Hall–Kier alpha value is -3.65. The van der Waals surface area contributed by atoms with E-state index >= 15 is 0 Å². The third-order valence-corrected chi connectivity index (χ3v) is 6.55. The third kappa shape index (κ3) is 3.87. The minimum atomic E-state index is -0.167. The molecule has 0 spiro atoms. The van der Waals surface area contributed by atoms with E-state index in [2.05, 4.69) is 43.3 Å². The van der Waals surface area contributed by atoms with Crippen LogP contribution in [0.3, 0.4) is 0 Å². The lowest BCUT2D eigenvalue weighted by Gasteiger charge is -2.36. The lowest BCUT2D eigenvalue weighted by molar-refractivity contribution is 0.0958. The first-order valence-electron chi connectivity index (χ1n) is 11.2. The minimum Gasteiger partial charge on any atom is -0.368 e. The quantitative estimate of drug-likeness (QED) is 0.505. The maximum atomic E-state index is 12.5. The topological polar surface area (TPSA) is 86.3 Å². The number of carbonyl (C=O) groups excluding carboxylic acids is 1. The molecule has 8 nitrogen and oxygen atoms in total. The molecule has 0 unspecified atom stereocenters. The van der Waals surface area contributed by atoms with Crippen molar-refractivity contribution < 1.29 is 4.79 Å². The maximum Gasteiger partial charge on any atom is 0.272 e. The monoisotopic (exact) mass is 444 g/mol. The summed E-state index contributed by atoms with van der Waals surface area (Å²) >= 11 is 0. The van der Waals surface area contributed by atoms with E-state index in [1.54, 1.807) is 13.1 Å². The number of aromatic nitrogens is 3. The molecule has 1 amide bonds. The van der Waals surface area contributed by atoms with Crippen LogP contribution in [0.2, 0.25) is 0 Å². The number of aromatic amines is 1. The van der Waals surface area contributed by atoms with Crippen molar-refractivity contribution in [1.82, 2.24) is 24.8 Å². The number of anilines is 1. The highest BCUT2D eigenvalue weighted by Gasteiger charge is 2.20. The fourth-order valence-corrected chi connectivity index (χ4v) is 4.79. The highest BCUT2D eigenvalue weighted by molar-refractivity contribution is 6.04. The van der Waals surface area contributed by atoms with Crippen molar-refractivity contribution in [3.05, 3.63) is 69.9 Å². The number of nitrogens with one attached hydrogen (secondary N) is 2. The highest BCUT2D eigenvalue weighted by Crippen LogP contribution is 2.24. The van der Waals surface area contributed by atoms with Gasteiger partial charge in [-0.3, -0.25) is 14.5 Å². The standard InChI is InChI=1S/C25H28N6O2/c1-16-22(7-6-20(27-16)24(32)26-2)31-12-10-30(11-13-31)15-17-4-5-18-19-8-9-29(3)23(19)25(33)28-21(18)14-17/h4-9,14H,10-13,15H2,1-3H3,(H,26,32)(H,28,33). The summed E-state index contributed by atoms with van der Waals surface area (Å²) in [4.78, 5) is 36.6. The molecule has 1 fully saturated rings. The van der Waals surface area contributed by atoms with E-state index in [4.69, 9.17) is 0 Å². The molecule has 0 bridgehead atoms. The summed E-state index contributed by atoms with van der Waals surface area (Å²) in [7, 11) is 3.51. The second-order valence-corrected chi connectivity index (χ2v) is 8.67. The number of benzene rings is 1. The van der Waals surface area contributed by atoms with Gasteiger partial charge in [0.25, 0.3) is 11.5 Å². The Balaban J connectivity index is 1.29. The van der Waals surface area contributed by atoms with E-state index < -0.39 is 0 Å². The maximum absolute atomic E-state index is 12.5. The van der Waals surface area contributed by atoms with Crippen molar-refractivity contribution in [2.45, 2.75) is 13.5 Å². The Kier molecular flexibility index (Phi) is 5.38. The number of hydrogen-bond acceptors (Lipinski definition) is 5. The first kappa shape index (κ1) is 21.2. The second-order valence-electron chi connectivity index (χ2n) is 8.67. The van der Waals surface area contributed by atoms with E-state index in [1.165, 1.54) is 5.56 Å². The van der Waals surface area contributed by atoms with Gasteiger partial charge in [-0.15, -0.1) is 0 Å². The summed E-state index contributed by atoms with van der Waals surface area (Å²) in [6.07, 6.45) is 1.93. The molecule has 1 aliphatic rings. The lowest BCUT2D eigenvalue weighted by Crippen LogP contribution is -2.46. The number of piperazine rings is 1. The zero-order chi connectivity index (χ0) is 23.1. The summed E-state index contributed by atoms with van der Waals surface area (Å²) in [6.45, 7) is 6.46. The van der Waals surface area contributed by atoms with Crippen molar-refractivity contribution in [1.29, 1.82) is 0 Å². The first-order chi connectivity index (χ1) is 15.9. The highest BCUT2D eigenvalue weighted by atomic mass is 16.1. The normalized spacial score (nSPS) is 14.8. The molecule has 2 N–H and O–H groups in total. The Labute approximate surface area is 191 Å². The zero-order valence-electron chi connectivity index (χ0n) is 19.2. The molecule has 8 heteroatoms. The number of rotatable bonds is 4. The molecular weight excluding hydrogens is 416 g/mol. The molecule has 0 atom stereocenters. The minimum absolute atomic E-state index is 0.0535. The summed E-state index contributed by atoms with van der Waals surface area (Å²) in [5, 5.41) is 4.68. The van der Waals surface area contributed by atoms with Crippen LogP contribution in [0.25, 0.3) is 21.8 Å². The fraction of sp³-hybridized carbons (Fsp3) is 0.320. The molecule has 3 aromatic heterocycles. The number of amides is 1. The Morgan fingerprint density at radius 3 is 2.61 bits per heavy atom. The van der Waals surface area contributed by atoms with E-state index in [9.17, 15) is 9.59 Å². The van der Waals surface area contributed by atoms with Crippen LogP contribution in [0.4, 0.5) is 5.69 Å². The van der Waals surface area contributed by atoms with Gasteiger partial charge >= 0.3 is 0 Å². The lowest BCUT2D eigenvalue weighted by atomic mass is 10.1. The number of fused-ring (bicyclic) bond motifs is 3. The van der Waals surface area contributed by atoms with E-state index in [-0.39, 0.29) is 11.5 Å². The van der Waals surface area contributed by atoms with Crippen molar-refractivity contribution in [2.75, 3.05) is 38.1 Å². The third-order valence-electron chi connectivity index (χ3n) is 6.55. The van der Waals surface area contributed by atoms with Crippen molar-refractivity contribution >= 4 is 33.4 Å². The van der Waals surface area contributed by atoms with Gasteiger partial charge in [-0.25, -0.2) is 4.98 Å². The predicted molar refractivity (Wildman–Crippen MR) is 131 cm³/mol. The van der Waals surface area contributed by atoms with Gasteiger partial charge in [0.05, 0.1) is 11.4 Å². The molecule has 5 rings (SSSR count). The molecule has 1 saturated heterocycles. The molecule has 4 aromatic rings.